The van der Waals surface area contributed by atoms with Crippen molar-refractivity contribution in [3.05, 3.63) is 214 Å². The van der Waals surface area contributed by atoms with E-state index in [-0.39, 0.29) is 30.5 Å². The van der Waals surface area contributed by atoms with Crippen LogP contribution in [0.4, 0.5) is 67.6 Å². The molecule has 12 aromatic rings. The fraction of sp³-hybridized carbons (Fsp3) is 0.303. The van der Waals surface area contributed by atoms with Gasteiger partial charge in [0, 0.05) is 18.0 Å². The summed E-state index contributed by atoms with van der Waals surface area (Å²) in [5.74, 6) is 5.60. The third-order valence-corrected chi connectivity index (χ3v) is 15.4. The smallest absolute Gasteiger partial charge is 0.221 e. The quantitative estimate of drug-likeness (QED) is 0.0394. The van der Waals surface area contributed by atoms with Gasteiger partial charge in [-0.1, -0.05) is 29.3 Å². The zero-order valence-electron chi connectivity index (χ0n) is 63.3. The van der Waals surface area contributed by atoms with Gasteiger partial charge in [0.1, 0.15) is 91.9 Å². The second-order valence-corrected chi connectivity index (χ2v) is 26.0. The van der Waals surface area contributed by atoms with Gasteiger partial charge in [0.05, 0.1) is 126 Å². The molecule has 0 atom stereocenters. The lowest BCUT2D eigenvalue weighted by Crippen LogP contribution is -2.10. The fourth-order valence-electron chi connectivity index (χ4n) is 9.44. The van der Waals surface area contributed by atoms with Gasteiger partial charge in [-0.25, -0.2) is 78.4 Å². The average Bonchev–Trinajstić information content (AvgIpc) is 1.73. The Bertz CT molecular complexity index is 4830. The van der Waals surface area contributed by atoms with E-state index in [1.807, 2.05) is 161 Å². The summed E-state index contributed by atoms with van der Waals surface area (Å²) in [4.78, 5) is 61.7. The minimum absolute atomic E-state index is 0.00912. The van der Waals surface area contributed by atoms with Crippen molar-refractivity contribution in [1.29, 1.82) is 0 Å². The minimum atomic E-state index is -0.424. The maximum Gasteiger partial charge on any atom is 0.221 e. The van der Waals surface area contributed by atoms with Crippen LogP contribution < -0.4 is 50.3 Å². The summed E-state index contributed by atoms with van der Waals surface area (Å²) in [6, 6.07) is 23.2. The number of anilines is 10. The number of nitrogens with zero attached hydrogens (tertiary/aromatic N) is 19. The Morgan fingerprint density at radius 1 is 0.389 bits per heavy atom. The average molecular weight is 1510 g/mol. The molecule has 3 aromatic carbocycles. The molecule has 0 saturated carbocycles. The van der Waals surface area contributed by atoms with E-state index in [0.29, 0.717) is 85.2 Å². The summed E-state index contributed by atoms with van der Waals surface area (Å²) in [5, 5.41) is 25.0. The molecule has 5 N–H and O–H groups in total. The van der Waals surface area contributed by atoms with Crippen molar-refractivity contribution < 1.29 is 28.1 Å². The van der Waals surface area contributed by atoms with Gasteiger partial charge in [0.2, 0.25) is 29.4 Å². The molecule has 9 aromatic heterocycles. The number of aromatic nitrogens is 18. The number of hydrogen-bond donors (Lipinski definition) is 5. The first-order valence-corrected chi connectivity index (χ1v) is 35.0. The number of halogens is 3. The van der Waals surface area contributed by atoms with E-state index >= 15 is 0 Å². The number of rotatable bonds is 22. The summed E-state index contributed by atoms with van der Waals surface area (Å²) >= 11 is 12.5. The van der Waals surface area contributed by atoms with Gasteiger partial charge in [-0.3, -0.25) is 9.97 Å². The molecule has 0 saturated heterocycles. The van der Waals surface area contributed by atoms with Crippen molar-refractivity contribution in [3.8, 4) is 40.8 Å². The molecule has 108 heavy (non-hydrogen) atoms. The lowest BCUT2D eigenvalue weighted by Gasteiger charge is -2.15. The highest BCUT2D eigenvalue weighted by molar-refractivity contribution is 6.34. The highest BCUT2D eigenvalue weighted by Crippen LogP contribution is 2.35. The van der Waals surface area contributed by atoms with Gasteiger partial charge in [-0.15, -0.1) is 0 Å². The van der Waals surface area contributed by atoms with Gasteiger partial charge in [0.25, 0.3) is 0 Å². The number of pyridine rings is 2. The minimum Gasteiger partial charge on any atom is -0.475 e. The molecule has 32 heteroatoms. The molecule has 0 aliphatic heterocycles. The molecule has 0 bridgehead atoms. The first kappa shape index (κ1) is 81.3. The summed E-state index contributed by atoms with van der Waals surface area (Å²) < 4.78 is 45.7. The van der Waals surface area contributed by atoms with Gasteiger partial charge >= 0.3 is 0 Å². The van der Waals surface area contributed by atoms with Crippen LogP contribution in [0.15, 0.2) is 142 Å². The van der Waals surface area contributed by atoms with E-state index in [1.165, 1.54) is 61.4 Å². The molecule has 0 radical (unpaired) electrons. The number of hydrogen-bond acceptors (Lipinski definition) is 26. The third-order valence-electron chi connectivity index (χ3n) is 14.8. The van der Waals surface area contributed by atoms with Crippen LogP contribution in [-0.2, 0) is 0 Å². The van der Waals surface area contributed by atoms with Gasteiger partial charge in [-0.2, -0.15) is 10.2 Å². The van der Waals surface area contributed by atoms with Crippen LogP contribution in [0, 0.1) is 67.8 Å². The Hall–Kier alpha value is -12.4. The van der Waals surface area contributed by atoms with Crippen molar-refractivity contribution in [2.24, 2.45) is 0 Å². The molecule has 12 rings (SSSR count). The van der Waals surface area contributed by atoms with E-state index in [4.69, 9.17) is 53.5 Å². The van der Waals surface area contributed by atoms with E-state index in [9.17, 15) is 4.39 Å². The molecule has 0 spiro atoms. The molecule has 0 amide bonds. The third kappa shape index (κ3) is 23.6. The SMILES string of the molecule is Cc1c(Nc2ccc(-n3cncn3)cc2Cl)ncnc1OC(C)C.Cc1c(Nc2ccc(-n3cncn3)cc2F)ncnc1OC(C)C.Cc1ccc(Nc2ncnc(OC(C)C)c2C)c(C)n1.Cc1ncccc1Nc1ncnc(OC(C)C)c1C.[C-]#[N+]c1ccc(Nc2ncnc(OC(C)C)c2C)c(Cl)c1. The van der Waals surface area contributed by atoms with Crippen molar-refractivity contribution >= 4 is 86.4 Å². The van der Waals surface area contributed by atoms with Crippen LogP contribution >= 0.6 is 23.2 Å². The summed E-state index contributed by atoms with van der Waals surface area (Å²) in [7, 11) is 0. The van der Waals surface area contributed by atoms with E-state index in [0.717, 1.165) is 73.7 Å². The van der Waals surface area contributed by atoms with Crippen molar-refractivity contribution in [3.63, 3.8) is 0 Å². The zero-order chi connectivity index (χ0) is 78.1. The first-order valence-electron chi connectivity index (χ1n) is 34.2. The van der Waals surface area contributed by atoms with Gasteiger partial charge < -0.3 is 50.3 Å². The largest absolute Gasteiger partial charge is 0.475 e. The maximum absolute atomic E-state index is 14.4. The molecular weight excluding hydrogens is 1420 g/mol. The summed E-state index contributed by atoms with van der Waals surface area (Å²) in [6.45, 7) is 41.8. The van der Waals surface area contributed by atoms with Crippen molar-refractivity contribution in [2.75, 3.05) is 26.6 Å². The first-order chi connectivity index (χ1) is 51.6. The predicted molar refractivity (Wildman–Crippen MR) is 417 cm³/mol. The van der Waals surface area contributed by atoms with Crippen LogP contribution in [-0.4, -0.2) is 120 Å². The molecule has 9 heterocycles. The van der Waals surface area contributed by atoms with Crippen molar-refractivity contribution in [1.82, 2.24) is 89.3 Å². The Morgan fingerprint density at radius 2 is 0.731 bits per heavy atom. The number of aryl methyl sites for hydroxylation is 3. The second kappa shape index (κ2) is 39.1. The van der Waals surface area contributed by atoms with Gasteiger partial charge in [-0.05, 0) is 191 Å². The van der Waals surface area contributed by atoms with Crippen LogP contribution in [0.5, 0.6) is 29.4 Å². The summed E-state index contributed by atoms with van der Waals surface area (Å²) in [5.41, 5.74) is 12.5. The van der Waals surface area contributed by atoms with E-state index < -0.39 is 5.82 Å². The molecule has 0 aliphatic rings. The highest BCUT2D eigenvalue weighted by atomic mass is 35.5. The molecule has 0 unspecified atom stereocenters. The Morgan fingerprint density at radius 3 is 1.06 bits per heavy atom. The molecule has 562 valence electrons. The number of benzene rings is 3. The highest BCUT2D eigenvalue weighted by Gasteiger charge is 2.18. The molecular formula is C76H87Cl2FN24O5. The van der Waals surface area contributed by atoms with Crippen molar-refractivity contribution in [2.45, 2.75) is 155 Å². The Labute approximate surface area is 637 Å². The second-order valence-electron chi connectivity index (χ2n) is 25.2. The van der Waals surface area contributed by atoms with Crippen LogP contribution in [0.1, 0.15) is 114 Å². The maximum atomic E-state index is 14.4. The lowest BCUT2D eigenvalue weighted by molar-refractivity contribution is 0.230. The number of ether oxygens (including phenoxy) is 5. The summed E-state index contributed by atoms with van der Waals surface area (Å²) in [6.07, 6.45) is 15.3. The standard InChI is InChI=1S/C16H17ClN6O.C16H17FN6O.C15H15ClN4O.C15H20N4O.C14H18N4O/c2*1-10(2)24-16-11(3)15(19-8-20-16)22-14-5-4-12(6-13(14)17)23-9-18-7-21-23;1-9(2)21-15-10(3)14(18-8-19-15)20-13-6-5-11(17-4)7-12(13)16;1-9(2)20-15-11(4)14(16-8-17-15)19-13-7-6-10(3)18-12(13)5;1-9(2)19-14-10(3)13(16-8-17-14)18-12-6-5-7-15-11(12)4/h2*4-10H,1-3H3,(H,19,20,22);5-9H,1-3H3,(H,18,19,20);6-9H,1-5H3,(H,16,17,19);5-9H,1-4H3,(H,16,17,18). The fourth-order valence-corrected chi connectivity index (χ4v) is 9.88. The lowest BCUT2D eigenvalue weighted by atomic mass is 10.2. The predicted octanol–water partition coefficient (Wildman–Crippen LogP) is 17.5. The van der Waals surface area contributed by atoms with E-state index in [2.05, 4.69) is 111 Å². The zero-order valence-corrected chi connectivity index (χ0v) is 64.8. The monoisotopic (exact) mass is 1500 g/mol. The molecule has 0 aliphatic carbocycles. The topological polar surface area (TPSA) is 327 Å². The Kier molecular flexibility index (Phi) is 29.5. The number of nitrogens with one attached hydrogen (secondary N) is 5. The Balaban J connectivity index is 0.000000171. The normalized spacial score (nSPS) is 10.7. The van der Waals surface area contributed by atoms with Crippen LogP contribution in [0.3, 0.4) is 0 Å². The molecule has 29 nitrogen and oxygen atoms in total. The van der Waals surface area contributed by atoms with E-state index in [1.54, 1.807) is 53.6 Å². The van der Waals surface area contributed by atoms with Crippen LogP contribution in [0.25, 0.3) is 16.2 Å². The molecule has 0 fully saturated rings. The van der Waals surface area contributed by atoms with Crippen LogP contribution in [0.2, 0.25) is 10.0 Å². The van der Waals surface area contributed by atoms with Gasteiger partial charge in [0.15, 0.2) is 5.69 Å².